The average Bonchev–Trinajstić information content (AvgIpc) is 3.36. The van der Waals surface area contributed by atoms with Gasteiger partial charge in [-0.15, -0.1) is 16.4 Å². The molecule has 0 bridgehead atoms. The largest absolute Gasteiger partial charge is 0.432 e. The molecule has 2 aliphatic rings. The Labute approximate surface area is 220 Å². The van der Waals surface area contributed by atoms with Gasteiger partial charge in [0.2, 0.25) is 0 Å². The van der Waals surface area contributed by atoms with E-state index in [0.29, 0.717) is 25.1 Å². The maximum Gasteiger partial charge on any atom is 0.432 e. The highest BCUT2D eigenvalue weighted by Gasteiger charge is 2.28. The van der Waals surface area contributed by atoms with Crippen molar-refractivity contribution in [3.8, 4) is 0 Å². The van der Waals surface area contributed by atoms with Gasteiger partial charge in [-0.25, -0.2) is 9.18 Å². The molecule has 0 aliphatic carbocycles. The van der Waals surface area contributed by atoms with Crippen molar-refractivity contribution in [2.45, 2.75) is 26.2 Å². The molecule has 1 N–H and O–H groups in total. The second-order valence-electron chi connectivity index (χ2n) is 9.68. The van der Waals surface area contributed by atoms with E-state index in [1.807, 2.05) is 17.5 Å². The van der Waals surface area contributed by atoms with Crippen LogP contribution in [0, 0.1) is 5.82 Å². The molecule has 7 nitrogen and oxygen atoms in total. The summed E-state index contributed by atoms with van der Waals surface area (Å²) in [7, 11) is 0. The number of fused-ring (bicyclic) bond motifs is 2. The number of carbonyl (C=O) groups is 2. The van der Waals surface area contributed by atoms with Crippen molar-refractivity contribution in [1.82, 2.24) is 10.2 Å². The summed E-state index contributed by atoms with van der Waals surface area (Å²) in [5.74, 6) is -0.423. The number of rotatable bonds is 7. The molecule has 0 saturated carbocycles. The van der Waals surface area contributed by atoms with Gasteiger partial charge in [0, 0.05) is 61.5 Å². The molecule has 0 atom stereocenters. The second kappa shape index (κ2) is 10.9. The van der Waals surface area contributed by atoms with Crippen LogP contribution in [0.15, 0.2) is 53.9 Å². The van der Waals surface area contributed by atoms with Crippen LogP contribution in [0.4, 0.5) is 20.6 Å². The van der Waals surface area contributed by atoms with Crippen molar-refractivity contribution < 1.29 is 18.8 Å². The minimum atomic E-state index is -0.675. The van der Waals surface area contributed by atoms with E-state index in [1.54, 1.807) is 30.4 Å². The standard InChI is InChI=1S/C28H31FN4O3S/c1-19(2)18-30-28(35)36-33-24-15-20(3-4-21(24)5-6-27(33)34)7-9-31-10-12-32(13-11-31)25-16-22(29)17-26-23(25)8-14-37-26/h3-4,8,14-17H,1,5-7,9-13,18H2,2H3,(H,30,35). The van der Waals surface area contributed by atoms with E-state index in [2.05, 4.69) is 33.8 Å². The van der Waals surface area contributed by atoms with Crippen LogP contribution >= 0.6 is 11.3 Å². The van der Waals surface area contributed by atoms with E-state index in [0.717, 1.165) is 76.7 Å². The maximum atomic E-state index is 14.1. The third-order valence-corrected chi connectivity index (χ3v) is 7.72. The summed E-state index contributed by atoms with van der Waals surface area (Å²) >= 11 is 1.57. The minimum absolute atomic E-state index is 0.190. The summed E-state index contributed by atoms with van der Waals surface area (Å²) in [4.78, 5) is 34.8. The lowest BCUT2D eigenvalue weighted by molar-refractivity contribution is -0.124. The van der Waals surface area contributed by atoms with Gasteiger partial charge in [0.05, 0.1) is 5.69 Å². The third-order valence-electron chi connectivity index (χ3n) is 6.86. The van der Waals surface area contributed by atoms with Gasteiger partial charge in [-0.05, 0) is 60.5 Å². The first-order valence-corrected chi connectivity index (χ1v) is 13.4. The van der Waals surface area contributed by atoms with Crippen LogP contribution in [0.5, 0.6) is 0 Å². The Morgan fingerprint density at radius 2 is 1.92 bits per heavy atom. The van der Waals surface area contributed by atoms with Crippen LogP contribution in [-0.2, 0) is 22.5 Å². The molecule has 2 amide bonds. The highest BCUT2D eigenvalue weighted by molar-refractivity contribution is 7.17. The predicted octanol–water partition coefficient (Wildman–Crippen LogP) is 4.90. The van der Waals surface area contributed by atoms with Gasteiger partial charge in [0.25, 0.3) is 5.91 Å². The molecule has 0 spiro atoms. The van der Waals surface area contributed by atoms with E-state index in [-0.39, 0.29) is 11.7 Å². The van der Waals surface area contributed by atoms with Gasteiger partial charge < -0.3 is 15.1 Å². The van der Waals surface area contributed by atoms with E-state index < -0.39 is 6.09 Å². The number of hydrogen-bond donors (Lipinski definition) is 1. The van der Waals surface area contributed by atoms with Gasteiger partial charge >= 0.3 is 6.09 Å². The third kappa shape index (κ3) is 5.78. The molecule has 1 fully saturated rings. The summed E-state index contributed by atoms with van der Waals surface area (Å²) in [5, 5.41) is 6.85. The number of thiophene rings is 1. The molecule has 3 aromatic rings. The highest BCUT2D eigenvalue weighted by Crippen LogP contribution is 2.33. The first-order valence-electron chi connectivity index (χ1n) is 12.6. The fraction of sp³-hybridized carbons (Fsp3) is 0.357. The number of benzene rings is 2. The van der Waals surface area contributed by atoms with Crippen LogP contribution in [0.1, 0.15) is 24.5 Å². The molecule has 3 heterocycles. The summed E-state index contributed by atoms with van der Waals surface area (Å²) in [5.41, 5.74) is 4.47. The van der Waals surface area contributed by atoms with Gasteiger partial charge in [-0.3, -0.25) is 9.69 Å². The number of nitrogens with zero attached hydrogens (tertiary/aromatic N) is 3. The normalized spacial score (nSPS) is 16.1. The molecule has 1 saturated heterocycles. The van der Waals surface area contributed by atoms with Crippen LogP contribution in [0.25, 0.3) is 10.1 Å². The fourth-order valence-corrected chi connectivity index (χ4v) is 5.69. The van der Waals surface area contributed by atoms with Crippen molar-refractivity contribution in [2.24, 2.45) is 0 Å². The molecule has 37 heavy (non-hydrogen) atoms. The Bertz CT molecular complexity index is 1330. The average molecular weight is 523 g/mol. The van der Waals surface area contributed by atoms with Crippen LogP contribution < -0.4 is 15.3 Å². The number of carbonyl (C=O) groups excluding carboxylic acids is 2. The van der Waals surface area contributed by atoms with E-state index in [4.69, 9.17) is 4.84 Å². The monoisotopic (exact) mass is 522 g/mol. The predicted molar refractivity (Wildman–Crippen MR) is 146 cm³/mol. The Balaban J connectivity index is 1.19. The van der Waals surface area contributed by atoms with Crippen molar-refractivity contribution in [3.63, 3.8) is 0 Å². The first kappa shape index (κ1) is 25.2. The molecule has 1 aromatic heterocycles. The number of hydrogen-bond acceptors (Lipinski definition) is 6. The molecule has 194 valence electrons. The van der Waals surface area contributed by atoms with Crippen LogP contribution in [-0.4, -0.2) is 56.2 Å². The SMILES string of the molecule is C=C(C)CNC(=O)ON1C(=O)CCc2ccc(CCN3CCN(c4cc(F)cc5sccc45)CC3)cc21. The Kier molecular flexibility index (Phi) is 7.43. The molecule has 5 rings (SSSR count). The quantitative estimate of drug-likeness (QED) is 0.447. The second-order valence-corrected chi connectivity index (χ2v) is 10.6. The number of hydroxylamine groups is 1. The molecule has 0 unspecified atom stereocenters. The fourth-order valence-electron chi connectivity index (χ4n) is 4.86. The zero-order valence-corrected chi connectivity index (χ0v) is 21.8. The topological polar surface area (TPSA) is 65.1 Å². The van der Waals surface area contributed by atoms with Crippen LogP contribution in [0.2, 0.25) is 0 Å². The van der Waals surface area contributed by atoms with Gasteiger partial charge in [0.15, 0.2) is 0 Å². The smallest absolute Gasteiger partial charge is 0.368 e. The zero-order valence-electron chi connectivity index (χ0n) is 21.0. The first-order chi connectivity index (χ1) is 17.9. The summed E-state index contributed by atoms with van der Waals surface area (Å²) in [6, 6.07) is 11.4. The number of halogens is 1. The lowest BCUT2D eigenvalue weighted by Crippen LogP contribution is -2.47. The van der Waals surface area contributed by atoms with Gasteiger partial charge in [-0.2, -0.15) is 0 Å². The lowest BCUT2D eigenvalue weighted by Gasteiger charge is -2.36. The molecule has 9 heteroatoms. The summed E-state index contributed by atoms with van der Waals surface area (Å²) in [6.07, 6.45) is 1.06. The van der Waals surface area contributed by atoms with Gasteiger partial charge in [-0.1, -0.05) is 24.3 Å². The summed E-state index contributed by atoms with van der Waals surface area (Å²) < 4.78 is 15.1. The van der Waals surface area contributed by atoms with Crippen molar-refractivity contribution in [1.29, 1.82) is 0 Å². The number of anilines is 2. The minimum Gasteiger partial charge on any atom is -0.368 e. The van der Waals surface area contributed by atoms with Crippen molar-refractivity contribution in [2.75, 3.05) is 49.2 Å². The number of piperazine rings is 1. The summed E-state index contributed by atoms with van der Waals surface area (Å²) in [6.45, 7) is 10.2. The molecule has 2 aliphatic heterocycles. The zero-order chi connectivity index (χ0) is 25.9. The Hall–Kier alpha value is -3.43. The van der Waals surface area contributed by atoms with E-state index in [9.17, 15) is 14.0 Å². The maximum absolute atomic E-state index is 14.1. The van der Waals surface area contributed by atoms with Gasteiger partial charge in [0.1, 0.15) is 5.82 Å². The van der Waals surface area contributed by atoms with Crippen molar-refractivity contribution >= 4 is 44.8 Å². The number of amides is 2. The Morgan fingerprint density at radius 1 is 1.11 bits per heavy atom. The van der Waals surface area contributed by atoms with E-state index >= 15 is 0 Å². The molecular weight excluding hydrogens is 491 g/mol. The number of aryl methyl sites for hydroxylation is 1. The highest BCUT2D eigenvalue weighted by atomic mass is 32.1. The molecular formula is C28H31FN4O3S. The molecule has 0 radical (unpaired) electrons. The lowest BCUT2D eigenvalue weighted by atomic mass is 9.99. The van der Waals surface area contributed by atoms with E-state index in [1.165, 1.54) is 0 Å². The molecule has 2 aromatic carbocycles. The van der Waals surface area contributed by atoms with Crippen LogP contribution in [0.3, 0.4) is 0 Å². The van der Waals surface area contributed by atoms with Crippen molar-refractivity contribution in [3.05, 3.63) is 70.9 Å². The number of nitrogens with one attached hydrogen (secondary N) is 1. The Morgan fingerprint density at radius 3 is 2.70 bits per heavy atom.